The molecule has 0 aliphatic heterocycles. The van der Waals surface area contributed by atoms with Gasteiger partial charge in [-0.05, 0) is 24.0 Å². The summed E-state index contributed by atoms with van der Waals surface area (Å²) in [7, 11) is 0. The van der Waals surface area contributed by atoms with Gasteiger partial charge in [0.15, 0.2) is 5.82 Å². The van der Waals surface area contributed by atoms with Gasteiger partial charge >= 0.3 is 0 Å². The van der Waals surface area contributed by atoms with Gasteiger partial charge in [0.2, 0.25) is 5.95 Å². The summed E-state index contributed by atoms with van der Waals surface area (Å²) >= 11 is 1.67. The van der Waals surface area contributed by atoms with Gasteiger partial charge in [-0.25, -0.2) is 9.37 Å². The quantitative estimate of drug-likeness (QED) is 0.824. The Balaban J connectivity index is 2.61. The average molecular weight is 260 g/mol. The highest BCUT2D eigenvalue weighted by atomic mass is 32.2. The first kappa shape index (κ1) is 13.9. The van der Waals surface area contributed by atoms with Crippen LogP contribution in [-0.4, -0.2) is 29.4 Å². The predicted molar refractivity (Wildman–Crippen MR) is 64.0 cm³/mol. The van der Waals surface area contributed by atoms with E-state index in [4.69, 9.17) is 0 Å². The van der Waals surface area contributed by atoms with Gasteiger partial charge < -0.3 is 5.32 Å². The van der Waals surface area contributed by atoms with Crippen molar-refractivity contribution in [3.05, 3.63) is 29.6 Å². The van der Waals surface area contributed by atoms with Crippen molar-refractivity contribution in [2.45, 2.75) is 6.92 Å². The largest absolute Gasteiger partial charge is 0.352 e. The molecule has 0 spiro atoms. The molecule has 0 aliphatic rings. The van der Waals surface area contributed by atoms with Gasteiger partial charge in [0.25, 0.3) is 5.91 Å². The Labute approximate surface area is 103 Å². The zero-order valence-corrected chi connectivity index (χ0v) is 10.5. The smallest absolute Gasteiger partial charge is 0.254 e. The fraction of sp³-hybridized carbons (Fsp3) is 0.455. The first-order valence-corrected chi connectivity index (χ1v) is 6.52. The van der Waals surface area contributed by atoms with Crippen LogP contribution in [0.1, 0.15) is 17.3 Å². The molecule has 0 bridgehead atoms. The van der Waals surface area contributed by atoms with E-state index in [1.54, 1.807) is 11.8 Å². The maximum Gasteiger partial charge on any atom is 0.254 e. The number of pyridine rings is 1. The molecule has 1 aromatic heterocycles. The molecule has 0 radical (unpaired) electrons. The van der Waals surface area contributed by atoms with Gasteiger partial charge in [0, 0.05) is 12.7 Å². The summed E-state index contributed by atoms with van der Waals surface area (Å²) in [6.07, 6.45) is 3.04. The molecular formula is C11H14F2N2OS. The molecule has 1 heterocycles. The van der Waals surface area contributed by atoms with Gasteiger partial charge in [-0.2, -0.15) is 16.2 Å². The van der Waals surface area contributed by atoms with Crippen molar-refractivity contribution in [1.29, 1.82) is 0 Å². The second-order valence-electron chi connectivity index (χ2n) is 3.73. The fourth-order valence-electron chi connectivity index (χ4n) is 1.30. The summed E-state index contributed by atoms with van der Waals surface area (Å²) in [6, 6.07) is 1.16. The van der Waals surface area contributed by atoms with Crippen molar-refractivity contribution in [1.82, 2.24) is 10.3 Å². The van der Waals surface area contributed by atoms with Crippen LogP contribution in [0.5, 0.6) is 0 Å². The van der Waals surface area contributed by atoms with Gasteiger partial charge in [0.1, 0.15) is 0 Å². The molecular weight excluding hydrogens is 246 g/mol. The van der Waals surface area contributed by atoms with Gasteiger partial charge in [-0.15, -0.1) is 0 Å². The molecule has 0 saturated carbocycles. The van der Waals surface area contributed by atoms with E-state index in [0.29, 0.717) is 6.54 Å². The first-order valence-electron chi connectivity index (χ1n) is 5.13. The molecule has 1 atom stereocenters. The summed E-state index contributed by atoms with van der Waals surface area (Å²) < 4.78 is 26.0. The highest BCUT2D eigenvalue weighted by molar-refractivity contribution is 7.98. The molecule has 1 aromatic rings. The zero-order valence-electron chi connectivity index (χ0n) is 9.67. The monoisotopic (exact) mass is 260 g/mol. The molecule has 0 aromatic carbocycles. The normalized spacial score (nSPS) is 12.2. The summed E-state index contributed by atoms with van der Waals surface area (Å²) in [5, 5.41) is 2.56. The molecule has 17 heavy (non-hydrogen) atoms. The Morgan fingerprint density at radius 1 is 1.59 bits per heavy atom. The number of aromatic nitrogens is 1. The SMILES string of the molecule is CSCC(C)CNC(=O)c1ccnc(F)c1F. The summed E-state index contributed by atoms with van der Waals surface area (Å²) in [5.41, 5.74) is -0.311. The molecule has 0 fully saturated rings. The van der Waals surface area contributed by atoms with Gasteiger partial charge in [-0.1, -0.05) is 6.92 Å². The number of hydrogen-bond acceptors (Lipinski definition) is 3. The summed E-state index contributed by atoms with van der Waals surface area (Å²) in [6.45, 7) is 2.41. The van der Waals surface area contributed by atoms with Crippen molar-refractivity contribution < 1.29 is 13.6 Å². The Kier molecular flexibility index (Phi) is 5.34. The highest BCUT2D eigenvalue weighted by Gasteiger charge is 2.16. The number of nitrogens with zero attached hydrogens (tertiary/aromatic N) is 1. The molecule has 0 saturated heterocycles. The second-order valence-corrected chi connectivity index (χ2v) is 4.64. The summed E-state index contributed by atoms with van der Waals surface area (Å²) in [4.78, 5) is 14.7. The molecule has 1 rings (SSSR count). The van der Waals surface area contributed by atoms with E-state index in [1.807, 2.05) is 13.2 Å². The van der Waals surface area contributed by atoms with Crippen LogP contribution >= 0.6 is 11.8 Å². The lowest BCUT2D eigenvalue weighted by Crippen LogP contribution is -2.30. The number of thioether (sulfide) groups is 1. The maximum absolute atomic E-state index is 13.2. The van der Waals surface area contributed by atoms with E-state index in [1.165, 1.54) is 0 Å². The van der Waals surface area contributed by atoms with Crippen molar-refractivity contribution in [3.63, 3.8) is 0 Å². The molecule has 1 N–H and O–H groups in total. The third kappa shape index (κ3) is 3.96. The molecule has 6 heteroatoms. The van der Waals surface area contributed by atoms with E-state index in [9.17, 15) is 13.6 Å². The molecule has 0 aliphatic carbocycles. The van der Waals surface area contributed by atoms with Crippen molar-refractivity contribution in [3.8, 4) is 0 Å². The van der Waals surface area contributed by atoms with E-state index in [-0.39, 0.29) is 11.5 Å². The number of carbonyl (C=O) groups is 1. The van der Waals surface area contributed by atoms with E-state index < -0.39 is 17.7 Å². The van der Waals surface area contributed by atoms with Gasteiger partial charge in [0.05, 0.1) is 5.56 Å². The van der Waals surface area contributed by atoms with E-state index in [2.05, 4.69) is 10.3 Å². The number of carbonyl (C=O) groups excluding carboxylic acids is 1. The summed E-state index contributed by atoms with van der Waals surface area (Å²) in [5.74, 6) is -1.90. The maximum atomic E-state index is 13.2. The minimum Gasteiger partial charge on any atom is -0.352 e. The van der Waals surface area contributed by atoms with Crippen LogP contribution < -0.4 is 5.32 Å². The van der Waals surface area contributed by atoms with Crippen LogP contribution in [0.15, 0.2) is 12.3 Å². The Morgan fingerprint density at radius 2 is 2.29 bits per heavy atom. The van der Waals surface area contributed by atoms with Gasteiger partial charge in [-0.3, -0.25) is 4.79 Å². The van der Waals surface area contributed by atoms with Crippen LogP contribution in [0.2, 0.25) is 0 Å². The standard InChI is InChI=1S/C11H14F2N2OS/c1-7(6-17-2)5-15-11(16)8-3-4-14-10(13)9(8)12/h3-4,7H,5-6H2,1-2H3,(H,15,16). The third-order valence-corrected chi connectivity index (χ3v) is 3.06. The number of halogens is 2. The third-order valence-electron chi connectivity index (χ3n) is 2.15. The van der Waals surface area contributed by atoms with Crippen LogP contribution in [-0.2, 0) is 0 Å². The van der Waals surface area contributed by atoms with Crippen molar-refractivity contribution in [2.24, 2.45) is 5.92 Å². The Bertz CT molecular complexity index is 401. The highest BCUT2D eigenvalue weighted by Crippen LogP contribution is 2.09. The lowest BCUT2D eigenvalue weighted by molar-refractivity contribution is 0.0944. The fourth-order valence-corrected chi connectivity index (χ4v) is 1.99. The van der Waals surface area contributed by atoms with Crippen LogP contribution in [0, 0.1) is 17.7 Å². The zero-order chi connectivity index (χ0) is 12.8. The lowest BCUT2D eigenvalue weighted by atomic mass is 10.2. The molecule has 3 nitrogen and oxygen atoms in total. The first-order chi connectivity index (χ1) is 8.06. The number of rotatable bonds is 5. The minimum absolute atomic E-state index is 0.281. The minimum atomic E-state index is -1.25. The average Bonchev–Trinajstić information content (AvgIpc) is 2.30. The van der Waals surface area contributed by atoms with Crippen molar-refractivity contribution in [2.75, 3.05) is 18.6 Å². The van der Waals surface area contributed by atoms with E-state index >= 15 is 0 Å². The van der Waals surface area contributed by atoms with Crippen molar-refractivity contribution >= 4 is 17.7 Å². The second kappa shape index (κ2) is 6.54. The predicted octanol–water partition coefficient (Wildman–Crippen LogP) is 2.09. The molecule has 1 amide bonds. The lowest BCUT2D eigenvalue weighted by Gasteiger charge is -2.11. The number of nitrogens with one attached hydrogen (secondary N) is 1. The molecule has 1 unspecified atom stereocenters. The number of hydrogen-bond donors (Lipinski definition) is 1. The number of amides is 1. The van der Waals surface area contributed by atoms with Crippen LogP contribution in [0.3, 0.4) is 0 Å². The van der Waals surface area contributed by atoms with Crippen LogP contribution in [0.4, 0.5) is 8.78 Å². The Hall–Kier alpha value is -1.17. The molecule has 94 valence electrons. The van der Waals surface area contributed by atoms with E-state index in [0.717, 1.165) is 18.0 Å². The Morgan fingerprint density at radius 3 is 2.94 bits per heavy atom. The van der Waals surface area contributed by atoms with Crippen LogP contribution in [0.25, 0.3) is 0 Å². The topological polar surface area (TPSA) is 42.0 Å².